The second-order valence-corrected chi connectivity index (χ2v) is 7.23. The largest absolute Gasteiger partial charge is 0.340 e. The van der Waals surface area contributed by atoms with Gasteiger partial charge < -0.3 is 4.90 Å². The van der Waals surface area contributed by atoms with Gasteiger partial charge in [0.1, 0.15) is 0 Å². The zero-order valence-corrected chi connectivity index (χ0v) is 15.7. The molecule has 3 aromatic rings. The number of likely N-dealkylation sites (N-methyl/N-ethyl adjacent to an activating group) is 2. The van der Waals surface area contributed by atoms with Gasteiger partial charge in [-0.3, -0.25) is 9.69 Å². The van der Waals surface area contributed by atoms with Crippen LogP contribution in [0.2, 0.25) is 0 Å². The summed E-state index contributed by atoms with van der Waals surface area (Å²) in [5, 5.41) is 4.24. The summed E-state index contributed by atoms with van der Waals surface area (Å²) < 4.78 is 1.77. The summed E-state index contributed by atoms with van der Waals surface area (Å²) in [5.41, 5.74) is 4.35. The van der Waals surface area contributed by atoms with E-state index >= 15 is 0 Å². The second-order valence-electron chi connectivity index (χ2n) is 7.23. The van der Waals surface area contributed by atoms with Gasteiger partial charge in [-0.05, 0) is 48.9 Å². The monoisotopic (exact) mass is 360 g/mol. The highest BCUT2D eigenvalue weighted by atomic mass is 16.2. The van der Waals surface area contributed by atoms with Crippen molar-refractivity contribution in [2.75, 3.05) is 20.6 Å². The first-order valence-electron chi connectivity index (χ1n) is 9.24. The molecule has 2 aromatic carbocycles. The van der Waals surface area contributed by atoms with E-state index in [9.17, 15) is 4.79 Å². The highest BCUT2D eigenvalue weighted by molar-refractivity contribution is 5.94. The van der Waals surface area contributed by atoms with Gasteiger partial charge in [-0.25, -0.2) is 4.68 Å². The van der Waals surface area contributed by atoms with E-state index in [0.29, 0.717) is 18.2 Å². The Balaban J connectivity index is 1.48. The first-order valence-corrected chi connectivity index (χ1v) is 9.24. The number of carbonyl (C=O) groups excluding carboxylic acids is 1. The van der Waals surface area contributed by atoms with Gasteiger partial charge in [0, 0.05) is 44.1 Å². The van der Waals surface area contributed by atoms with E-state index in [2.05, 4.69) is 41.3 Å². The minimum absolute atomic E-state index is 0.0382. The average Bonchev–Trinajstić information content (AvgIpc) is 3.23. The summed E-state index contributed by atoms with van der Waals surface area (Å²) in [4.78, 5) is 17.1. The summed E-state index contributed by atoms with van der Waals surface area (Å²) in [6.07, 6.45) is 4.58. The number of hydrogen-bond acceptors (Lipinski definition) is 3. The van der Waals surface area contributed by atoms with Gasteiger partial charge in [0.25, 0.3) is 5.91 Å². The van der Waals surface area contributed by atoms with Gasteiger partial charge in [0.05, 0.1) is 5.69 Å². The Hall–Kier alpha value is -2.92. The van der Waals surface area contributed by atoms with Crippen LogP contribution >= 0.6 is 0 Å². The Kier molecular flexibility index (Phi) is 4.77. The fraction of sp³-hybridized carbons (Fsp3) is 0.273. The first kappa shape index (κ1) is 17.5. The van der Waals surface area contributed by atoms with Crippen molar-refractivity contribution >= 4 is 5.91 Å². The molecule has 0 bridgehead atoms. The molecule has 0 saturated heterocycles. The summed E-state index contributed by atoms with van der Waals surface area (Å²) in [6.45, 7) is 1.63. The predicted octanol–water partition coefficient (Wildman–Crippen LogP) is 3.00. The number of rotatable bonds is 4. The van der Waals surface area contributed by atoms with Crippen LogP contribution in [0.5, 0.6) is 0 Å². The van der Waals surface area contributed by atoms with E-state index in [-0.39, 0.29) is 5.91 Å². The number of aromatic nitrogens is 2. The van der Waals surface area contributed by atoms with Crippen molar-refractivity contribution in [1.29, 1.82) is 0 Å². The van der Waals surface area contributed by atoms with Gasteiger partial charge in [0.15, 0.2) is 0 Å². The van der Waals surface area contributed by atoms with Crippen LogP contribution in [0.3, 0.4) is 0 Å². The standard InChI is InChI=1S/C22H24N4O/c1-24-15-19-8-4-3-7-17(19)13-21(24)16-25(2)22(27)18-9-5-10-20(14-18)26-12-6-11-23-26/h3-12,14,21H,13,15-16H2,1-2H3. The van der Waals surface area contributed by atoms with Gasteiger partial charge in [-0.2, -0.15) is 5.10 Å². The zero-order valence-electron chi connectivity index (χ0n) is 15.7. The quantitative estimate of drug-likeness (QED) is 0.718. The van der Waals surface area contributed by atoms with Crippen molar-refractivity contribution in [2.24, 2.45) is 0 Å². The van der Waals surface area contributed by atoms with E-state index in [0.717, 1.165) is 18.7 Å². The molecule has 27 heavy (non-hydrogen) atoms. The topological polar surface area (TPSA) is 41.4 Å². The molecular formula is C22H24N4O. The third kappa shape index (κ3) is 3.64. The number of amides is 1. The van der Waals surface area contributed by atoms with Gasteiger partial charge in [-0.15, -0.1) is 0 Å². The highest BCUT2D eigenvalue weighted by Gasteiger charge is 2.25. The molecule has 2 heterocycles. The van der Waals surface area contributed by atoms with Crippen molar-refractivity contribution in [2.45, 2.75) is 19.0 Å². The normalized spacial score (nSPS) is 16.7. The van der Waals surface area contributed by atoms with Crippen molar-refractivity contribution in [3.05, 3.63) is 83.7 Å². The highest BCUT2D eigenvalue weighted by Crippen LogP contribution is 2.22. The molecule has 1 aliphatic heterocycles. The molecule has 0 radical (unpaired) electrons. The molecule has 5 nitrogen and oxygen atoms in total. The van der Waals surface area contributed by atoms with E-state index in [4.69, 9.17) is 0 Å². The molecule has 1 unspecified atom stereocenters. The minimum Gasteiger partial charge on any atom is -0.340 e. The van der Waals surface area contributed by atoms with Crippen molar-refractivity contribution in [1.82, 2.24) is 19.6 Å². The number of benzene rings is 2. The van der Waals surface area contributed by atoms with Crippen LogP contribution in [0.1, 0.15) is 21.5 Å². The molecule has 5 heteroatoms. The molecule has 0 N–H and O–H groups in total. The number of fused-ring (bicyclic) bond motifs is 1. The maximum absolute atomic E-state index is 13.0. The molecule has 0 aliphatic carbocycles. The fourth-order valence-corrected chi connectivity index (χ4v) is 3.74. The van der Waals surface area contributed by atoms with Gasteiger partial charge >= 0.3 is 0 Å². The Labute approximate surface area is 159 Å². The third-order valence-electron chi connectivity index (χ3n) is 5.31. The first-order chi connectivity index (χ1) is 13.1. The Bertz CT molecular complexity index is 935. The minimum atomic E-state index is 0.0382. The van der Waals surface area contributed by atoms with Crippen LogP contribution in [-0.2, 0) is 13.0 Å². The van der Waals surface area contributed by atoms with E-state index in [1.165, 1.54) is 11.1 Å². The number of nitrogens with zero attached hydrogens (tertiary/aromatic N) is 4. The fourth-order valence-electron chi connectivity index (χ4n) is 3.74. The third-order valence-corrected chi connectivity index (χ3v) is 5.31. The van der Waals surface area contributed by atoms with Crippen LogP contribution in [0.15, 0.2) is 67.0 Å². The van der Waals surface area contributed by atoms with E-state index in [1.54, 1.807) is 10.9 Å². The maximum atomic E-state index is 13.0. The molecule has 1 atom stereocenters. The Morgan fingerprint density at radius 1 is 1.15 bits per heavy atom. The molecule has 0 fully saturated rings. The van der Waals surface area contributed by atoms with Crippen LogP contribution < -0.4 is 0 Å². The second kappa shape index (κ2) is 7.37. The lowest BCUT2D eigenvalue weighted by Gasteiger charge is -2.36. The lowest BCUT2D eigenvalue weighted by atomic mass is 9.94. The van der Waals surface area contributed by atoms with Crippen molar-refractivity contribution in [3.63, 3.8) is 0 Å². The number of hydrogen-bond donors (Lipinski definition) is 0. The predicted molar refractivity (Wildman–Crippen MR) is 106 cm³/mol. The zero-order chi connectivity index (χ0) is 18.8. The molecule has 1 aromatic heterocycles. The number of carbonyl (C=O) groups is 1. The lowest BCUT2D eigenvalue weighted by molar-refractivity contribution is 0.0733. The van der Waals surface area contributed by atoms with Crippen molar-refractivity contribution < 1.29 is 4.79 Å². The summed E-state index contributed by atoms with van der Waals surface area (Å²) in [6, 6.07) is 18.4. The van der Waals surface area contributed by atoms with Crippen LogP contribution in [0.4, 0.5) is 0 Å². The Morgan fingerprint density at radius 2 is 1.96 bits per heavy atom. The van der Waals surface area contributed by atoms with E-state index in [1.807, 2.05) is 48.5 Å². The van der Waals surface area contributed by atoms with Gasteiger partial charge in [0.2, 0.25) is 0 Å². The van der Waals surface area contributed by atoms with Crippen LogP contribution in [0.25, 0.3) is 5.69 Å². The van der Waals surface area contributed by atoms with Crippen molar-refractivity contribution in [3.8, 4) is 5.69 Å². The SMILES string of the molecule is CN(CC1Cc2ccccc2CN1C)C(=O)c1cccc(-n2cccn2)c1. The molecular weight excluding hydrogens is 336 g/mol. The molecule has 1 aliphatic rings. The molecule has 138 valence electrons. The lowest BCUT2D eigenvalue weighted by Crippen LogP contribution is -2.46. The molecule has 0 spiro atoms. The van der Waals surface area contributed by atoms with Crippen LogP contribution in [0, 0.1) is 0 Å². The summed E-state index contributed by atoms with van der Waals surface area (Å²) >= 11 is 0. The summed E-state index contributed by atoms with van der Waals surface area (Å²) in [7, 11) is 4.02. The smallest absolute Gasteiger partial charge is 0.253 e. The molecule has 0 saturated carbocycles. The van der Waals surface area contributed by atoms with Gasteiger partial charge in [-0.1, -0.05) is 30.3 Å². The summed E-state index contributed by atoms with van der Waals surface area (Å²) in [5.74, 6) is 0.0382. The van der Waals surface area contributed by atoms with E-state index < -0.39 is 0 Å². The maximum Gasteiger partial charge on any atom is 0.253 e. The molecule has 1 amide bonds. The molecule has 4 rings (SSSR count). The van der Waals surface area contributed by atoms with Crippen LogP contribution in [-0.4, -0.2) is 52.2 Å². The Morgan fingerprint density at radius 3 is 2.74 bits per heavy atom. The average molecular weight is 360 g/mol.